The normalized spacial score (nSPS) is 25.3. The van der Waals surface area contributed by atoms with Crippen molar-refractivity contribution in [2.75, 3.05) is 59.2 Å². The molecule has 2 aliphatic heterocycles. The van der Waals surface area contributed by atoms with Crippen molar-refractivity contribution in [2.24, 2.45) is 22.9 Å². The fraction of sp³-hybridized carbons (Fsp3) is 0.556. The maximum absolute atomic E-state index is 14.6. The molecule has 4 aliphatic rings. The lowest BCUT2D eigenvalue weighted by Crippen LogP contribution is -2.70. The van der Waals surface area contributed by atoms with Gasteiger partial charge < -0.3 is 34.2 Å². The van der Waals surface area contributed by atoms with Crippen LogP contribution in [0.15, 0.2) is 78.0 Å². The third kappa shape index (κ3) is 9.82. The topological polar surface area (TPSA) is 156 Å². The molecule has 6 atom stereocenters. The molecule has 2 aliphatic carbocycles. The fourth-order valence-electron chi connectivity index (χ4n) is 9.10. The number of unbranched alkanes of at least 4 members (excludes halogenated alkanes) is 2. The molecule has 6 unspecified atom stereocenters. The second-order valence-corrected chi connectivity index (χ2v) is 15.6. The number of allylic oxidation sites excluding steroid dienone is 1. The van der Waals surface area contributed by atoms with Crippen molar-refractivity contribution in [2.45, 2.75) is 83.0 Å². The van der Waals surface area contributed by atoms with E-state index in [1.165, 1.54) is 18.2 Å². The number of ether oxygens (including phenoxy) is 3. The van der Waals surface area contributed by atoms with Crippen molar-refractivity contribution in [3.63, 3.8) is 0 Å². The number of carbonyl (C=O) groups is 1. The molecule has 0 aromatic heterocycles. The van der Waals surface area contributed by atoms with E-state index in [1.54, 1.807) is 24.3 Å². The Morgan fingerprint density at radius 1 is 1.10 bits per heavy atom. The van der Waals surface area contributed by atoms with Crippen LogP contribution in [0.5, 0.6) is 11.5 Å². The van der Waals surface area contributed by atoms with Gasteiger partial charge in [0.1, 0.15) is 30.8 Å². The van der Waals surface area contributed by atoms with E-state index in [1.807, 2.05) is 30.9 Å². The number of hydrogen-bond acceptors (Lipinski definition) is 11. The van der Waals surface area contributed by atoms with E-state index < -0.39 is 22.7 Å². The SMILES string of the molecule is C=CCOC12Oc3ccc(OCCN4CC4)cc3C3C(CCCCO)C(CCCCO)C=C(C(=NOCC)CC1N(CCC)C(=O)C=Cc1ccc([N+](=O)[O-])cc1)C32. The minimum absolute atomic E-state index is 0.0263. The molecule has 13 nitrogen and oxygen atoms in total. The van der Waals surface area contributed by atoms with Crippen molar-refractivity contribution in [1.29, 1.82) is 0 Å². The minimum Gasteiger partial charge on any atom is -0.492 e. The number of amides is 1. The van der Waals surface area contributed by atoms with Crippen molar-refractivity contribution >= 4 is 23.4 Å². The first kappa shape index (κ1) is 43.0. The molecule has 2 heterocycles. The van der Waals surface area contributed by atoms with Gasteiger partial charge in [0, 0.05) is 75.5 Å². The Balaban J connectivity index is 1.51. The van der Waals surface area contributed by atoms with E-state index in [2.05, 4.69) is 23.6 Å². The second-order valence-electron chi connectivity index (χ2n) is 15.6. The minimum atomic E-state index is -1.36. The summed E-state index contributed by atoms with van der Waals surface area (Å²) in [5.41, 5.74) is 3.37. The number of nitrogens with zero attached hydrogens (tertiary/aromatic N) is 4. The quantitative estimate of drug-likeness (QED) is 0.0303. The average Bonchev–Trinajstić information content (AvgIpc) is 4.06. The summed E-state index contributed by atoms with van der Waals surface area (Å²) < 4.78 is 20.7. The van der Waals surface area contributed by atoms with Crippen molar-refractivity contribution in [3.05, 3.63) is 94.1 Å². The molecular weight excluding hydrogens is 741 g/mol. The van der Waals surface area contributed by atoms with Crippen LogP contribution in [0.1, 0.15) is 82.3 Å². The molecule has 1 amide bonds. The van der Waals surface area contributed by atoms with Crippen LogP contribution in [0, 0.1) is 27.9 Å². The summed E-state index contributed by atoms with van der Waals surface area (Å²) in [5.74, 6) is -0.512. The molecule has 58 heavy (non-hydrogen) atoms. The summed E-state index contributed by atoms with van der Waals surface area (Å²) in [7, 11) is 0. The Bertz CT molecular complexity index is 1810. The van der Waals surface area contributed by atoms with Gasteiger partial charge in [-0.05, 0) is 98.4 Å². The number of benzene rings is 2. The van der Waals surface area contributed by atoms with Gasteiger partial charge in [0.25, 0.3) is 5.69 Å². The van der Waals surface area contributed by atoms with E-state index in [0.717, 1.165) is 67.9 Å². The lowest BCUT2D eigenvalue weighted by atomic mass is 9.55. The van der Waals surface area contributed by atoms with Gasteiger partial charge in [0.2, 0.25) is 11.7 Å². The van der Waals surface area contributed by atoms with E-state index in [0.29, 0.717) is 56.8 Å². The zero-order valence-electron chi connectivity index (χ0n) is 34.0. The number of rotatable bonds is 23. The number of non-ortho nitro benzene ring substituents is 1. The van der Waals surface area contributed by atoms with Gasteiger partial charge in [-0.3, -0.25) is 19.8 Å². The predicted octanol–water partition coefficient (Wildman–Crippen LogP) is 6.89. The maximum Gasteiger partial charge on any atom is 0.269 e. The van der Waals surface area contributed by atoms with E-state index in [9.17, 15) is 25.1 Å². The lowest BCUT2D eigenvalue weighted by molar-refractivity contribution is -0.384. The molecule has 0 bridgehead atoms. The van der Waals surface area contributed by atoms with E-state index >= 15 is 0 Å². The number of hydrogen-bond donors (Lipinski definition) is 2. The molecule has 2 aromatic carbocycles. The number of nitro groups is 1. The van der Waals surface area contributed by atoms with Gasteiger partial charge in [-0.2, -0.15) is 0 Å². The zero-order valence-corrected chi connectivity index (χ0v) is 34.0. The number of carbonyl (C=O) groups excluding carboxylic acids is 1. The van der Waals surface area contributed by atoms with Crippen LogP contribution in [-0.2, 0) is 14.4 Å². The Morgan fingerprint density at radius 3 is 2.53 bits per heavy atom. The summed E-state index contributed by atoms with van der Waals surface area (Å²) in [6.45, 7) is 12.7. The van der Waals surface area contributed by atoms with Crippen molar-refractivity contribution in [3.8, 4) is 11.5 Å². The van der Waals surface area contributed by atoms with Gasteiger partial charge in [-0.25, -0.2) is 0 Å². The number of fused-ring (bicyclic) bond motifs is 2. The molecule has 0 spiro atoms. The van der Waals surface area contributed by atoms with Crippen LogP contribution < -0.4 is 9.47 Å². The van der Waals surface area contributed by atoms with E-state index in [4.69, 9.17) is 24.2 Å². The molecule has 2 N–H and O–H groups in total. The molecule has 1 saturated carbocycles. The van der Waals surface area contributed by atoms with Crippen LogP contribution in [0.25, 0.3) is 6.08 Å². The standard InChI is InChI=1S/C45H60N4O9/c1-4-21-48(42(52)20-15-32-13-16-34(17-14-32)49(53)54)41-31-39(46-57-6-3)37-29-33(11-7-9-25-50)36(12-8-10-26-51)43-38-30-35(55-28-24-47-22-23-47)18-19-40(38)58-45(41,44(37)43)56-27-5-2/h5,13-20,29-30,33,36,41,43-44,50-51H,2,4,6-12,21-28,31H2,1,3H3. The summed E-state index contributed by atoms with van der Waals surface area (Å²) in [6.07, 6.45) is 12.9. The van der Waals surface area contributed by atoms with Gasteiger partial charge in [-0.15, -0.1) is 6.58 Å². The van der Waals surface area contributed by atoms with Gasteiger partial charge >= 0.3 is 0 Å². The Labute approximate surface area is 342 Å². The first-order valence-corrected chi connectivity index (χ1v) is 21.1. The van der Waals surface area contributed by atoms with Gasteiger partial charge in [0.05, 0.1) is 23.2 Å². The van der Waals surface area contributed by atoms with Crippen molar-refractivity contribution < 1.29 is 39.0 Å². The van der Waals surface area contributed by atoms with Gasteiger partial charge in [0.15, 0.2) is 0 Å². The number of oxime groups is 1. The average molecular weight is 801 g/mol. The molecule has 2 aromatic rings. The fourth-order valence-corrected chi connectivity index (χ4v) is 9.10. The number of aliphatic hydroxyl groups excluding tert-OH is 2. The lowest BCUT2D eigenvalue weighted by Gasteiger charge is -2.60. The Morgan fingerprint density at radius 2 is 1.86 bits per heavy atom. The molecule has 2 fully saturated rings. The highest BCUT2D eigenvalue weighted by atomic mass is 16.7. The predicted molar refractivity (Wildman–Crippen MR) is 223 cm³/mol. The van der Waals surface area contributed by atoms with Crippen LogP contribution >= 0.6 is 0 Å². The molecular formula is C45H60N4O9. The summed E-state index contributed by atoms with van der Waals surface area (Å²) in [4.78, 5) is 35.4. The smallest absolute Gasteiger partial charge is 0.269 e. The summed E-state index contributed by atoms with van der Waals surface area (Å²) in [6, 6.07) is 11.5. The number of nitro benzene ring substituents is 1. The third-order valence-electron chi connectivity index (χ3n) is 11.8. The first-order chi connectivity index (χ1) is 28.3. The Hall–Kier alpha value is -4.56. The monoisotopic (exact) mass is 800 g/mol. The van der Waals surface area contributed by atoms with Crippen LogP contribution in [0.2, 0.25) is 0 Å². The highest BCUT2D eigenvalue weighted by Gasteiger charge is 2.65. The van der Waals surface area contributed by atoms with Gasteiger partial charge in [-0.1, -0.05) is 37.1 Å². The first-order valence-electron chi connectivity index (χ1n) is 21.1. The molecule has 0 radical (unpaired) electrons. The van der Waals surface area contributed by atoms with Crippen LogP contribution in [0.4, 0.5) is 5.69 Å². The highest BCUT2D eigenvalue weighted by Crippen LogP contribution is 2.62. The largest absolute Gasteiger partial charge is 0.492 e. The Kier molecular flexibility index (Phi) is 15.1. The number of aliphatic hydroxyl groups is 2. The maximum atomic E-state index is 14.6. The highest BCUT2D eigenvalue weighted by molar-refractivity contribution is 6.03. The van der Waals surface area contributed by atoms with Crippen molar-refractivity contribution in [1.82, 2.24) is 9.80 Å². The third-order valence-corrected chi connectivity index (χ3v) is 11.8. The molecule has 1 saturated heterocycles. The molecule has 6 rings (SSSR count). The van der Waals surface area contributed by atoms with E-state index in [-0.39, 0.29) is 49.2 Å². The molecule has 13 heteroatoms. The zero-order chi connectivity index (χ0) is 41.1. The summed E-state index contributed by atoms with van der Waals surface area (Å²) in [5, 5.41) is 35.7. The second kappa shape index (κ2) is 20.4. The van der Waals surface area contributed by atoms with Crippen LogP contribution in [-0.4, -0.2) is 108 Å². The van der Waals surface area contributed by atoms with Crippen LogP contribution in [0.3, 0.4) is 0 Å². The summed E-state index contributed by atoms with van der Waals surface area (Å²) >= 11 is 0. The molecule has 314 valence electrons.